The summed E-state index contributed by atoms with van der Waals surface area (Å²) < 4.78 is 18.7. The van der Waals surface area contributed by atoms with Crippen LogP contribution in [0.2, 0.25) is 0 Å². The molecule has 0 atom stereocenters. The van der Waals surface area contributed by atoms with Gasteiger partial charge in [-0.1, -0.05) is 30.3 Å². The molecule has 5 nitrogen and oxygen atoms in total. The first-order valence-corrected chi connectivity index (χ1v) is 9.48. The second-order valence-electron chi connectivity index (χ2n) is 6.89. The Bertz CT molecular complexity index is 840. The molecule has 1 saturated heterocycles. The Morgan fingerprint density at radius 2 is 1.93 bits per heavy atom. The van der Waals surface area contributed by atoms with Crippen molar-refractivity contribution < 1.29 is 18.7 Å². The molecule has 28 heavy (non-hydrogen) atoms. The van der Waals surface area contributed by atoms with E-state index in [0.717, 1.165) is 16.9 Å². The van der Waals surface area contributed by atoms with Crippen LogP contribution in [0.1, 0.15) is 24.0 Å². The summed E-state index contributed by atoms with van der Waals surface area (Å²) in [5.41, 5.74) is 1.75. The maximum absolute atomic E-state index is 13.4. The number of hydrogen-bond donors (Lipinski definition) is 0. The summed E-state index contributed by atoms with van der Waals surface area (Å²) in [6.07, 6.45) is 1.26. The Kier molecular flexibility index (Phi) is 6.63. The van der Waals surface area contributed by atoms with Crippen molar-refractivity contribution in [3.8, 4) is 5.75 Å². The van der Waals surface area contributed by atoms with Crippen LogP contribution in [0.4, 0.5) is 4.39 Å². The fourth-order valence-corrected chi connectivity index (χ4v) is 3.45. The molecule has 0 unspecified atom stereocenters. The van der Waals surface area contributed by atoms with Crippen LogP contribution in [-0.2, 0) is 22.6 Å². The predicted octanol–water partition coefficient (Wildman–Crippen LogP) is 3.03. The van der Waals surface area contributed by atoms with Crippen LogP contribution in [0, 0.1) is 5.82 Å². The van der Waals surface area contributed by atoms with E-state index in [1.165, 1.54) is 12.1 Å². The van der Waals surface area contributed by atoms with Crippen LogP contribution in [0.15, 0.2) is 48.5 Å². The van der Waals surface area contributed by atoms with Crippen LogP contribution in [0.25, 0.3) is 0 Å². The number of carbonyl (C=O) groups excluding carboxylic acids is 2. The number of halogens is 1. The van der Waals surface area contributed by atoms with E-state index in [9.17, 15) is 14.0 Å². The molecule has 1 aliphatic heterocycles. The number of carbonyl (C=O) groups is 2. The molecule has 0 aromatic heterocycles. The van der Waals surface area contributed by atoms with Gasteiger partial charge in [0.15, 0.2) is 0 Å². The monoisotopic (exact) mass is 384 g/mol. The van der Waals surface area contributed by atoms with Crippen LogP contribution < -0.4 is 4.74 Å². The minimum Gasteiger partial charge on any atom is -0.496 e. The number of aryl methyl sites for hydroxylation is 1. The lowest BCUT2D eigenvalue weighted by Gasteiger charge is -2.22. The fraction of sp³-hybridized carbons (Fsp3) is 0.364. The van der Waals surface area contributed by atoms with Gasteiger partial charge in [-0.15, -0.1) is 0 Å². The van der Waals surface area contributed by atoms with Gasteiger partial charge >= 0.3 is 0 Å². The molecule has 148 valence electrons. The van der Waals surface area contributed by atoms with Crippen molar-refractivity contribution in [3.63, 3.8) is 0 Å². The molecule has 2 aromatic rings. The third kappa shape index (κ3) is 5.09. The third-order valence-corrected chi connectivity index (χ3v) is 5.00. The summed E-state index contributed by atoms with van der Waals surface area (Å²) in [5.74, 6) is 0.492. The van der Waals surface area contributed by atoms with Gasteiger partial charge in [-0.25, -0.2) is 4.39 Å². The zero-order valence-corrected chi connectivity index (χ0v) is 16.1. The summed E-state index contributed by atoms with van der Waals surface area (Å²) in [6, 6.07) is 13.9. The molecule has 0 N–H and O–H groups in total. The molecule has 0 saturated carbocycles. The molecule has 0 aliphatic carbocycles. The van der Waals surface area contributed by atoms with E-state index in [1.54, 1.807) is 29.0 Å². The normalized spacial score (nSPS) is 14.7. The van der Waals surface area contributed by atoms with Crippen molar-refractivity contribution in [2.24, 2.45) is 0 Å². The van der Waals surface area contributed by atoms with Gasteiger partial charge in [0.25, 0.3) is 0 Å². The highest BCUT2D eigenvalue weighted by Gasteiger charge is 2.24. The summed E-state index contributed by atoms with van der Waals surface area (Å²) >= 11 is 0. The Balaban J connectivity index is 1.56. The number of hydrogen-bond acceptors (Lipinski definition) is 3. The highest BCUT2D eigenvalue weighted by Crippen LogP contribution is 2.19. The van der Waals surface area contributed by atoms with E-state index < -0.39 is 0 Å². The van der Waals surface area contributed by atoms with E-state index in [0.29, 0.717) is 39.0 Å². The standard InChI is InChI=1S/C22H25FN2O3/c1-28-20-8-3-2-6-18(20)9-10-21(26)24-12-11-22(27)25(14-13-24)16-17-5-4-7-19(23)15-17/h2-8,15H,9-14,16H2,1H3. The van der Waals surface area contributed by atoms with Crippen LogP contribution in [-0.4, -0.2) is 48.4 Å². The van der Waals surface area contributed by atoms with E-state index >= 15 is 0 Å². The Morgan fingerprint density at radius 3 is 2.71 bits per heavy atom. The summed E-state index contributed by atoms with van der Waals surface area (Å²) in [6.45, 7) is 1.73. The smallest absolute Gasteiger partial charge is 0.224 e. The third-order valence-electron chi connectivity index (χ3n) is 5.00. The highest BCUT2D eigenvalue weighted by molar-refractivity contribution is 5.80. The molecule has 1 heterocycles. The summed E-state index contributed by atoms with van der Waals surface area (Å²) in [7, 11) is 1.62. The molecule has 2 amide bonds. The number of nitrogens with zero attached hydrogens (tertiary/aromatic N) is 2. The average Bonchev–Trinajstić information content (AvgIpc) is 2.88. The van der Waals surface area contributed by atoms with Crippen molar-refractivity contribution in [2.75, 3.05) is 26.7 Å². The highest BCUT2D eigenvalue weighted by atomic mass is 19.1. The lowest BCUT2D eigenvalue weighted by atomic mass is 10.1. The van der Waals surface area contributed by atoms with Gasteiger partial charge in [-0.3, -0.25) is 9.59 Å². The number of methoxy groups -OCH3 is 1. The molecule has 0 radical (unpaired) electrons. The van der Waals surface area contributed by atoms with E-state index in [-0.39, 0.29) is 24.1 Å². The van der Waals surface area contributed by atoms with Gasteiger partial charge in [-0.2, -0.15) is 0 Å². The fourth-order valence-electron chi connectivity index (χ4n) is 3.45. The molecule has 1 fully saturated rings. The van der Waals surface area contributed by atoms with Gasteiger partial charge < -0.3 is 14.5 Å². The molecular weight excluding hydrogens is 359 g/mol. The summed E-state index contributed by atoms with van der Waals surface area (Å²) in [5, 5.41) is 0. The first kappa shape index (κ1) is 19.9. The van der Waals surface area contributed by atoms with Crippen LogP contribution in [0.5, 0.6) is 5.75 Å². The van der Waals surface area contributed by atoms with Gasteiger partial charge in [0, 0.05) is 39.0 Å². The van der Waals surface area contributed by atoms with Crippen LogP contribution >= 0.6 is 0 Å². The molecule has 0 bridgehead atoms. The molecular formula is C22H25FN2O3. The van der Waals surface area contributed by atoms with Gasteiger partial charge in [0.1, 0.15) is 11.6 Å². The quantitative estimate of drug-likeness (QED) is 0.769. The van der Waals surface area contributed by atoms with Crippen molar-refractivity contribution in [3.05, 3.63) is 65.5 Å². The molecule has 1 aliphatic rings. The molecule has 0 spiro atoms. The molecule has 3 rings (SSSR count). The number of amides is 2. The first-order chi connectivity index (χ1) is 13.6. The van der Waals surface area contributed by atoms with Gasteiger partial charge in [-0.05, 0) is 35.7 Å². The number of para-hydroxylation sites is 1. The molecule has 2 aromatic carbocycles. The Labute approximate surface area is 164 Å². The number of ether oxygens (including phenoxy) is 1. The second-order valence-corrected chi connectivity index (χ2v) is 6.89. The van der Waals surface area contributed by atoms with Crippen molar-refractivity contribution in [2.45, 2.75) is 25.8 Å². The average molecular weight is 384 g/mol. The first-order valence-electron chi connectivity index (χ1n) is 9.48. The lowest BCUT2D eigenvalue weighted by molar-refractivity contribution is -0.131. The number of rotatable bonds is 6. The van der Waals surface area contributed by atoms with Crippen molar-refractivity contribution >= 4 is 11.8 Å². The minimum absolute atomic E-state index is 0.00992. The Morgan fingerprint density at radius 1 is 1.11 bits per heavy atom. The van der Waals surface area contributed by atoms with Gasteiger partial charge in [0.2, 0.25) is 11.8 Å². The topological polar surface area (TPSA) is 49.9 Å². The zero-order valence-electron chi connectivity index (χ0n) is 16.1. The zero-order chi connectivity index (χ0) is 19.9. The predicted molar refractivity (Wildman–Crippen MR) is 104 cm³/mol. The summed E-state index contributed by atoms with van der Waals surface area (Å²) in [4.78, 5) is 28.5. The van der Waals surface area contributed by atoms with Gasteiger partial charge in [0.05, 0.1) is 7.11 Å². The largest absolute Gasteiger partial charge is 0.496 e. The molecule has 6 heteroatoms. The number of benzene rings is 2. The SMILES string of the molecule is COc1ccccc1CCC(=O)N1CCC(=O)N(Cc2cccc(F)c2)CC1. The van der Waals surface area contributed by atoms with E-state index in [4.69, 9.17) is 4.74 Å². The van der Waals surface area contributed by atoms with E-state index in [2.05, 4.69) is 0 Å². The van der Waals surface area contributed by atoms with Crippen molar-refractivity contribution in [1.82, 2.24) is 9.80 Å². The van der Waals surface area contributed by atoms with Crippen molar-refractivity contribution in [1.29, 1.82) is 0 Å². The van der Waals surface area contributed by atoms with Crippen LogP contribution in [0.3, 0.4) is 0 Å². The Hall–Kier alpha value is -2.89. The maximum Gasteiger partial charge on any atom is 0.224 e. The van der Waals surface area contributed by atoms with E-state index in [1.807, 2.05) is 24.3 Å². The lowest BCUT2D eigenvalue weighted by Crippen LogP contribution is -2.35. The second kappa shape index (κ2) is 9.35. The minimum atomic E-state index is -0.312. The maximum atomic E-state index is 13.4.